The van der Waals surface area contributed by atoms with Gasteiger partial charge >= 0.3 is 0 Å². The number of primary amides is 1. The molecule has 0 atom stereocenters. The van der Waals surface area contributed by atoms with Crippen molar-refractivity contribution in [3.63, 3.8) is 0 Å². The van der Waals surface area contributed by atoms with Crippen LogP contribution in [0.25, 0.3) is 11.1 Å². The Hall–Kier alpha value is -4.27. The van der Waals surface area contributed by atoms with E-state index in [1.54, 1.807) is 12.4 Å². The third-order valence-electron chi connectivity index (χ3n) is 6.33. The zero-order chi connectivity index (χ0) is 25.5. The Morgan fingerprint density at radius 2 is 1.73 bits per heavy atom. The maximum Gasteiger partial charge on any atom is 0.252 e. The summed E-state index contributed by atoms with van der Waals surface area (Å²) >= 11 is 0. The third-order valence-corrected chi connectivity index (χ3v) is 6.33. The highest BCUT2D eigenvalue weighted by atomic mass is 16.5. The third kappa shape index (κ3) is 6.49. The summed E-state index contributed by atoms with van der Waals surface area (Å²) < 4.78 is 5.43. The highest BCUT2D eigenvalue weighted by Crippen LogP contribution is 2.24. The molecule has 0 spiro atoms. The first-order chi connectivity index (χ1) is 18.1. The van der Waals surface area contributed by atoms with Gasteiger partial charge in [0.25, 0.3) is 5.91 Å². The van der Waals surface area contributed by atoms with Crippen LogP contribution < -0.4 is 16.4 Å². The Kier molecular flexibility index (Phi) is 7.69. The minimum absolute atomic E-state index is 0.344. The maximum absolute atomic E-state index is 12.0. The fourth-order valence-corrected chi connectivity index (χ4v) is 4.33. The van der Waals surface area contributed by atoms with Gasteiger partial charge in [-0.05, 0) is 52.6 Å². The summed E-state index contributed by atoms with van der Waals surface area (Å²) in [4.78, 5) is 22.9. The Morgan fingerprint density at radius 3 is 2.49 bits per heavy atom. The van der Waals surface area contributed by atoms with Gasteiger partial charge in [0.15, 0.2) is 0 Å². The van der Waals surface area contributed by atoms with Crippen molar-refractivity contribution in [2.24, 2.45) is 5.73 Å². The van der Waals surface area contributed by atoms with Crippen LogP contribution in [-0.4, -0.2) is 47.1 Å². The quantitative estimate of drug-likeness (QED) is 0.316. The number of ether oxygens (including phenoxy) is 1. The number of morpholine rings is 1. The number of nitrogens with zero attached hydrogens (tertiary/aromatic N) is 3. The molecule has 2 aromatic carbocycles. The highest BCUT2D eigenvalue weighted by Gasteiger charge is 2.12. The number of carbonyl (C=O) groups excluding carboxylic acids is 1. The molecule has 1 aliphatic heterocycles. The number of anilines is 3. The molecule has 0 saturated carbocycles. The van der Waals surface area contributed by atoms with Gasteiger partial charge in [-0.1, -0.05) is 30.3 Å². The van der Waals surface area contributed by atoms with E-state index in [0.29, 0.717) is 23.6 Å². The molecule has 1 aliphatic rings. The van der Waals surface area contributed by atoms with E-state index in [0.717, 1.165) is 55.2 Å². The van der Waals surface area contributed by atoms with Gasteiger partial charge in [0.2, 0.25) is 0 Å². The number of nitrogens with one attached hydrogen (secondary N) is 2. The lowest BCUT2D eigenvalue weighted by molar-refractivity contribution is 0.0342. The first-order valence-electron chi connectivity index (χ1n) is 12.3. The smallest absolute Gasteiger partial charge is 0.252 e. The molecular weight excluding hydrogens is 464 g/mol. The van der Waals surface area contributed by atoms with Gasteiger partial charge in [0.05, 0.1) is 24.5 Å². The number of benzene rings is 2. The van der Waals surface area contributed by atoms with E-state index in [9.17, 15) is 4.79 Å². The van der Waals surface area contributed by atoms with Gasteiger partial charge in [0, 0.05) is 56.5 Å². The van der Waals surface area contributed by atoms with E-state index >= 15 is 0 Å². The summed E-state index contributed by atoms with van der Waals surface area (Å²) in [5.41, 5.74) is 12.0. The van der Waals surface area contributed by atoms with Crippen LogP contribution in [0.15, 0.2) is 85.3 Å². The molecule has 0 bridgehead atoms. The zero-order valence-electron chi connectivity index (χ0n) is 20.6. The van der Waals surface area contributed by atoms with Crippen LogP contribution in [0, 0.1) is 0 Å². The second kappa shape index (κ2) is 11.6. The Morgan fingerprint density at radius 1 is 0.946 bits per heavy atom. The lowest BCUT2D eigenvalue weighted by Crippen LogP contribution is -2.35. The Labute approximate surface area is 216 Å². The summed E-state index contributed by atoms with van der Waals surface area (Å²) in [5, 5.41) is 6.69. The van der Waals surface area contributed by atoms with Crippen LogP contribution in [0.1, 0.15) is 21.5 Å². The maximum atomic E-state index is 12.0. The van der Waals surface area contributed by atoms with E-state index in [2.05, 4.69) is 49.8 Å². The van der Waals surface area contributed by atoms with E-state index in [-0.39, 0.29) is 0 Å². The molecule has 0 aliphatic carbocycles. The number of aromatic nitrogens is 2. The number of rotatable bonds is 9. The van der Waals surface area contributed by atoms with Crippen LogP contribution in [0.5, 0.6) is 0 Å². The monoisotopic (exact) mass is 494 g/mol. The fourth-order valence-electron chi connectivity index (χ4n) is 4.33. The van der Waals surface area contributed by atoms with Gasteiger partial charge in [-0.15, -0.1) is 0 Å². The summed E-state index contributed by atoms with van der Waals surface area (Å²) in [6.07, 6.45) is 5.07. The number of amides is 1. The van der Waals surface area contributed by atoms with Gasteiger partial charge < -0.3 is 21.1 Å². The lowest BCUT2D eigenvalue weighted by atomic mass is 10.0. The standard InChI is InChI=1S/C29H30N6O2/c30-29(36)26-19-33-28(34-25-6-4-21(5-7-25)20-35-12-14-37-15-13-35)17-27(26)32-18-22-2-1-3-24(16-22)23-8-10-31-11-9-23/h1-11,16-17,19H,12-15,18,20H2,(H2,30,36)(H2,32,33,34). The first-order valence-corrected chi connectivity index (χ1v) is 12.3. The van der Waals surface area contributed by atoms with Crippen molar-refractivity contribution in [1.82, 2.24) is 14.9 Å². The average molecular weight is 495 g/mol. The predicted molar refractivity (Wildman–Crippen MR) is 146 cm³/mol. The molecular formula is C29H30N6O2. The normalized spacial score (nSPS) is 13.7. The van der Waals surface area contributed by atoms with Gasteiger partial charge in [-0.3, -0.25) is 14.7 Å². The molecule has 1 fully saturated rings. The van der Waals surface area contributed by atoms with Gasteiger partial charge in [-0.2, -0.15) is 0 Å². The summed E-state index contributed by atoms with van der Waals surface area (Å²) in [6, 6.07) is 22.3. The molecule has 3 heterocycles. The molecule has 4 N–H and O–H groups in total. The fraction of sp³-hybridized carbons (Fsp3) is 0.207. The largest absolute Gasteiger partial charge is 0.380 e. The van der Waals surface area contributed by atoms with Crippen LogP contribution in [0.2, 0.25) is 0 Å². The topological polar surface area (TPSA) is 105 Å². The number of carbonyl (C=O) groups is 1. The number of hydrogen-bond acceptors (Lipinski definition) is 7. The first kappa shape index (κ1) is 24.4. The van der Waals surface area contributed by atoms with Crippen LogP contribution in [0.3, 0.4) is 0 Å². The Balaban J connectivity index is 1.27. The van der Waals surface area contributed by atoms with E-state index in [4.69, 9.17) is 10.5 Å². The van der Waals surface area contributed by atoms with Crippen molar-refractivity contribution in [3.8, 4) is 11.1 Å². The van der Waals surface area contributed by atoms with Crippen LogP contribution >= 0.6 is 0 Å². The summed E-state index contributed by atoms with van der Waals surface area (Å²) in [6.45, 7) is 4.93. The average Bonchev–Trinajstić information content (AvgIpc) is 2.94. The minimum atomic E-state index is -0.528. The SMILES string of the molecule is NC(=O)c1cnc(Nc2ccc(CN3CCOCC3)cc2)cc1NCc1cccc(-c2ccncc2)c1. The second-order valence-electron chi connectivity index (χ2n) is 8.98. The second-order valence-corrected chi connectivity index (χ2v) is 8.98. The van der Waals surface area contributed by atoms with Crippen molar-refractivity contribution >= 4 is 23.1 Å². The van der Waals surface area contributed by atoms with Crippen molar-refractivity contribution in [3.05, 3.63) is 102 Å². The van der Waals surface area contributed by atoms with E-state index < -0.39 is 5.91 Å². The molecule has 8 nitrogen and oxygen atoms in total. The van der Waals surface area contributed by atoms with Crippen molar-refractivity contribution in [2.45, 2.75) is 13.1 Å². The van der Waals surface area contributed by atoms with Crippen LogP contribution in [-0.2, 0) is 17.8 Å². The molecule has 37 heavy (non-hydrogen) atoms. The minimum Gasteiger partial charge on any atom is -0.380 e. The van der Waals surface area contributed by atoms with E-state index in [1.165, 1.54) is 11.8 Å². The molecule has 5 rings (SSSR count). The van der Waals surface area contributed by atoms with Crippen molar-refractivity contribution in [1.29, 1.82) is 0 Å². The molecule has 8 heteroatoms. The molecule has 4 aromatic rings. The van der Waals surface area contributed by atoms with Crippen molar-refractivity contribution in [2.75, 3.05) is 36.9 Å². The predicted octanol–water partition coefficient (Wildman–Crippen LogP) is 4.43. The van der Waals surface area contributed by atoms with Gasteiger partial charge in [-0.25, -0.2) is 4.98 Å². The zero-order valence-corrected chi connectivity index (χ0v) is 20.6. The van der Waals surface area contributed by atoms with Crippen molar-refractivity contribution < 1.29 is 9.53 Å². The number of hydrogen-bond donors (Lipinski definition) is 3. The number of nitrogens with two attached hydrogens (primary N) is 1. The molecule has 188 valence electrons. The molecule has 0 unspecified atom stereocenters. The van der Waals surface area contributed by atoms with Crippen LogP contribution in [0.4, 0.5) is 17.2 Å². The lowest BCUT2D eigenvalue weighted by Gasteiger charge is -2.26. The summed E-state index contributed by atoms with van der Waals surface area (Å²) in [5.74, 6) is 0.0958. The van der Waals surface area contributed by atoms with Gasteiger partial charge in [0.1, 0.15) is 5.82 Å². The Bertz CT molecular complexity index is 1340. The number of pyridine rings is 2. The molecule has 0 radical (unpaired) electrons. The highest BCUT2D eigenvalue weighted by molar-refractivity contribution is 5.98. The van der Waals surface area contributed by atoms with E-state index in [1.807, 2.05) is 42.5 Å². The molecule has 1 amide bonds. The molecule has 1 saturated heterocycles. The molecule has 2 aromatic heterocycles. The summed E-state index contributed by atoms with van der Waals surface area (Å²) in [7, 11) is 0.